The lowest BCUT2D eigenvalue weighted by Crippen LogP contribution is -2.20. The summed E-state index contributed by atoms with van der Waals surface area (Å²) in [5.41, 5.74) is 0. The zero-order valence-electron chi connectivity index (χ0n) is 11.8. The highest BCUT2D eigenvalue weighted by Gasteiger charge is 1.98. The molecule has 0 radical (unpaired) electrons. The third-order valence-corrected chi connectivity index (χ3v) is 3.16. The van der Waals surface area contributed by atoms with Crippen LogP contribution in [0.3, 0.4) is 0 Å². The summed E-state index contributed by atoms with van der Waals surface area (Å²) >= 11 is 0. The summed E-state index contributed by atoms with van der Waals surface area (Å²) in [4.78, 5) is 2.40. The van der Waals surface area contributed by atoms with Gasteiger partial charge in [0.1, 0.15) is 0 Å². The summed E-state index contributed by atoms with van der Waals surface area (Å²) < 4.78 is 0. The van der Waals surface area contributed by atoms with Crippen LogP contribution in [0, 0.1) is 22.7 Å². The molecule has 0 saturated carbocycles. The zero-order chi connectivity index (χ0) is 13.5. The van der Waals surface area contributed by atoms with E-state index in [4.69, 9.17) is 10.5 Å². The largest absolute Gasteiger partial charge is 0.306 e. The van der Waals surface area contributed by atoms with Crippen molar-refractivity contribution in [1.82, 2.24) is 4.90 Å². The van der Waals surface area contributed by atoms with Crippen molar-refractivity contribution in [1.29, 1.82) is 10.5 Å². The number of unbranched alkanes of at least 4 members (excludes halogenated alkanes) is 8. The second-order valence-electron chi connectivity index (χ2n) is 4.95. The smallest absolute Gasteiger partial charge is 0.0621 e. The quantitative estimate of drug-likeness (QED) is 0.493. The monoisotopic (exact) mass is 249 g/mol. The Kier molecular flexibility index (Phi) is 13.2. The third-order valence-electron chi connectivity index (χ3n) is 3.16. The minimum absolute atomic E-state index is 0.707. The van der Waals surface area contributed by atoms with Crippen LogP contribution < -0.4 is 0 Å². The number of hydrogen-bond acceptors (Lipinski definition) is 3. The number of hydrogen-bond donors (Lipinski definition) is 0. The molecule has 0 unspecified atom stereocenters. The predicted molar refractivity (Wildman–Crippen MR) is 74.9 cm³/mol. The van der Waals surface area contributed by atoms with E-state index in [9.17, 15) is 0 Å². The first-order valence-corrected chi connectivity index (χ1v) is 7.23. The summed E-state index contributed by atoms with van der Waals surface area (Å²) in [6.07, 6.45) is 10.9. The van der Waals surface area contributed by atoms with Crippen LogP contribution in [0.25, 0.3) is 0 Å². The highest BCUT2D eigenvalue weighted by molar-refractivity contribution is 4.68. The Morgan fingerprint density at radius 1 is 0.667 bits per heavy atom. The van der Waals surface area contributed by atoms with Gasteiger partial charge < -0.3 is 4.90 Å². The SMILES string of the molecule is CN(CCCCCCC#N)CCCCCCC#N. The molecule has 18 heavy (non-hydrogen) atoms. The molecule has 0 aliphatic heterocycles. The van der Waals surface area contributed by atoms with Crippen LogP contribution in [0.1, 0.15) is 64.2 Å². The third kappa shape index (κ3) is 13.0. The molecule has 0 amide bonds. The van der Waals surface area contributed by atoms with Gasteiger partial charge in [-0.15, -0.1) is 0 Å². The molecule has 0 aliphatic rings. The van der Waals surface area contributed by atoms with Crippen LogP contribution >= 0.6 is 0 Å². The van der Waals surface area contributed by atoms with Crippen molar-refractivity contribution in [2.45, 2.75) is 64.2 Å². The van der Waals surface area contributed by atoms with Crippen LogP contribution in [0.5, 0.6) is 0 Å². The first-order chi connectivity index (χ1) is 8.81. The second kappa shape index (κ2) is 14.0. The van der Waals surface area contributed by atoms with E-state index >= 15 is 0 Å². The molecular formula is C15H27N3. The topological polar surface area (TPSA) is 50.8 Å². The lowest BCUT2D eigenvalue weighted by molar-refractivity contribution is 0.315. The maximum absolute atomic E-state index is 8.41. The van der Waals surface area contributed by atoms with E-state index in [1.165, 1.54) is 51.6 Å². The van der Waals surface area contributed by atoms with E-state index in [2.05, 4.69) is 24.1 Å². The summed E-state index contributed by atoms with van der Waals surface area (Å²) in [5.74, 6) is 0. The first kappa shape index (κ1) is 16.9. The van der Waals surface area contributed by atoms with Crippen LogP contribution in [0.15, 0.2) is 0 Å². The molecule has 0 N–H and O–H groups in total. The van der Waals surface area contributed by atoms with Crippen molar-refractivity contribution >= 4 is 0 Å². The summed E-state index contributed by atoms with van der Waals surface area (Å²) in [6, 6.07) is 4.37. The minimum atomic E-state index is 0.707. The van der Waals surface area contributed by atoms with Gasteiger partial charge in [0, 0.05) is 12.8 Å². The Bertz CT molecular complexity index is 223. The summed E-state index contributed by atoms with van der Waals surface area (Å²) in [5, 5.41) is 16.8. The van der Waals surface area contributed by atoms with Crippen LogP contribution in [-0.4, -0.2) is 25.0 Å². The Hall–Kier alpha value is -1.06. The molecule has 0 fully saturated rings. The van der Waals surface area contributed by atoms with Gasteiger partial charge in [0.05, 0.1) is 12.1 Å². The number of nitriles is 2. The molecule has 0 heterocycles. The fourth-order valence-electron chi connectivity index (χ4n) is 1.99. The number of nitrogens with zero attached hydrogens (tertiary/aromatic N) is 3. The fraction of sp³-hybridized carbons (Fsp3) is 0.867. The molecule has 0 bridgehead atoms. The molecule has 0 aromatic heterocycles. The minimum Gasteiger partial charge on any atom is -0.306 e. The van der Waals surface area contributed by atoms with Gasteiger partial charge in [-0.05, 0) is 45.8 Å². The maximum Gasteiger partial charge on any atom is 0.0621 e. The van der Waals surface area contributed by atoms with Crippen molar-refractivity contribution in [3.05, 3.63) is 0 Å². The van der Waals surface area contributed by atoms with Crippen LogP contribution in [0.4, 0.5) is 0 Å². The van der Waals surface area contributed by atoms with Crippen molar-refractivity contribution < 1.29 is 0 Å². The molecule has 0 aromatic carbocycles. The molecule has 0 atom stereocenters. The summed E-state index contributed by atoms with van der Waals surface area (Å²) in [6.45, 7) is 2.34. The normalized spacial score (nSPS) is 10.2. The maximum atomic E-state index is 8.41. The van der Waals surface area contributed by atoms with Crippen molar-refractivity contribution in [3.63, 3.8) is 0 Å². The van der Waals surface area contributed by atoms with Gasteiger partial charge in [0.15, 0.2) is 0 Å². The van der Waals surface area contributed by atoms with Gasteiger partial charge in [-0.25, -0.2) is 0 Å². The summed E-state index contributed by atoms with van der Waals surface area (Å²) in [7, 11) is 2.19. The molecule has 0 aromatic rings. The Balaban J connectivity index is 3.15. The molecular weight excluding hydrogens is 222 g/mol. The second-order valence-corrected chi connectivity index (χ2v) is 4.95. The molecule has 102 valence electrons. The van der Waals surface area contributed by atoms with Crippen LogP contribution in [-0.2, 0) is 0 Å². The van der Waals surface area contributed by atoms with Gasteiger partial charge >= 0.3 is 0 Å². The van der Waals surface area contributed by atoms with E-state index < -0.39 is 0 Å². The highest BCUT2D eigenvalue weighted by atomic mass is 15.1. The van der Waals surface area contributed by atoms with Gasteiger partial charge in [-0.2, -0.15) is 10.5 Å². The Morgan fingerprint density at radius 3 is 1.44 bits per heavy atom. The molecule has 3 nitrogen and oxygen atoms in total. The first-order valence-electron chi connectivity index (χ1n) is 7.23. The number of rotatable bonds is 12. The van der Waals surface area contributed by atoms with Crippen molar-refractivity contribution in [3.8, 4) is 12.1 Å². The Morgan fingerprint density at radius 2 is 1.06 bits per heavy atom. The molecule has 0 spiro atoms. The van der Waals surface area contributed by atoms with Crippen molar-refractivity contribution in [2.75, 3.05) is 20.1 Å². The lowest BCUT2D eigenvalue weighted by atomic mass is 10.1. The van der Waals surface area contributed by atoms with Gasteiger partial charge in [0.25, 0.3) is 0 Å². The van der Waals surface area contributed by atoms with E-state index in [0.29, 0.717) is 12.8 Å². The lowest BCUT2D eigenvalue weighted by Gasteiger charge is -2.16. The average Bonchev–Trinajstić information content (AvgIpc) is 2.38. The molecule has 3 heteroatoms. The molecule has 0 rings (SSSR count). The van der Waals surface area contributed by atoms with Gasteiger partial charge in [-0.1, -0.05) is 25.7 Å². The molecule has 0 aliphatic carbocycles. The van der Waals surface area contributed by atoms with Crippen LogP contribution in [0.2, 0.25) is 0 Å². The van der Waals surface area contributed by atoms with E-state index in [1.54, 1.807) is 0 Å². The van der Waals surface area contributed by atoms with E-state index in [1.807, 2.05) is 0 Å². The van der Waals surface area contributed by atoms with Gasteiger partial charge in [-0.3, -0.25) is 0 Å². The van der Waals surface area contributed by atoms with Gasteiger partial charge in [0.2, 0.25) is 0 Å². The zero-order valence-corrected chi connectivity index (χ0v) is 11.8. The fourth-order valence-corrected chi connectivity index (χ4v) is 1.99. The van der Waals surface area contributed by atoms with E-state index in [0.717, 1.165) is 12.8 Å². The predicted octanol–water partition coefficient (Wildman–Crippen LogP) is 3.87. The standard InChI is InChI=1S/C15H27N3/c1-18(14-10-6-2-4-8-12-16)15-11-7-3-5-9-13-17/h2-11,14-15H2,1H3. The van der Waals surface area contributed by atoms with Crippen molar-refractivity contribution in [2.24, 2.45) is 0 Å². The molecule has 0 saturated heterocycles. The average molecular weight is 249 g/mol. The van der Waals surface area contributed by atoms with E-state index in [-0.39, 0.29) is 0 Å². The highest BCUT2D eigenvalue weighted by Crippen LogP contribution is 2.05. The Labute approximate surface area is 112 Å².